The van der Waals surface area contributed by atoms with Crippen molar-refractivity contribution in [3.8, 4) is 0 Å². The van der Waals surface area contributed by atoms with Gasteiger partial charge < -0.3 is 24.9 Å². The molecule has 4 aliphatic carbocycles. The molecule has 7 heteroatoms. The summed E-state index contributed by atoms with van der Waals surface area (Å²) in [5.74, 6) is -1.25. The maximum Gasteiger partial charge on any atom is 1.00 e. The molecule has 0 saturated heterocycles. The Labute approximate surface area is 251 Å². The molecule has 208 valence electrons. The number of ether oxygens (including phenoxy) is 1. The number of allylic oxidation sites excluding steroid dienone is 2. The van der Waals surface area contributed by atoms with E-state index >= 15 is 0 Å². The Morgan fingerprint density at radius 1 is 1.05 bits per heavy atom. The molecule has 0 radical (unpaired) electrons. The number of carbonyl (C=O) groups excluding carboxylic acids is 2. The molecule has 0 aromatic carbocycles. The van der Waals surface area contributed by atoms with E-state index in [1.165, 1.54) is 6.92 Å². The normalized spacial score (nSPS) is 45.0. The van der Waals surface area contributed by atoms with Crippen LogP contribution in [-0.2, 0) is 14.3 Å². The van der Waals surface area contributed by atoms with E-state index in [1.807, 2.05) is 19.9 Å². The van der Waals surface area contributed by atoms with Crippen molar-refractivity contribution < 1.29 is 59.2 Å². The first-order valence-corrected chi connectivity index (χ1v) is 14.3. The number of aliphatic hydroxyl groups excluding tert-OH is 2. The summed E-state index contributed by atoms with van der Waals surface area (Å²) in [6.45, 7) is 14.4. The molecule has 4 saturated carbocycles. The molecule has 38 heavy (non-hydrogen) atoms. The zero-order valence-electron chi connectivity index (χ0n) is 24.8. The van der Waals surface area contributed by atoms with Crippen LogP contribution in [0.2, 0.25) is 0 Å². The van der Waals surface area contributed by atoms with Gasteiger partial charge in [-0.2, -0.15) is 0 Å². The Morgan fingerprint density at radius 2 is 1.71 bits per heavy atom. The van der Waals surface area contributed by atoms with Gasteiger partial charge >= 0.3 is 35.5 Å². The number of hydrogen-bond donors (Lipinski definition) is 2. The minimum atomic E-state index is -1.20. The van der Waals surface area contributed by atoms with Gasteiger partial charge in [0.05, 0.1) is 18.2 Å². The molecule has 0 aliphatic heterocycles. The first kappa shape index (κ1) is 31.9. The molecule has 0 heterocycles. The first-order chi connectivity index (χ1) is 17.2. The van der Waals surface area contributed by atoms with Gasteiger partial charge in [-0.3, -0.25) is 4.79 Å². The van der Waals surface area contributed by atoms with Gasteiger partial charge in [-0.25, -0.2) is 0 Å². The van der Waals surface area contributed by atoms with E-state index in [1.54, 1.807) is 0 Å². The molecule has 6 nitrogen and oxygen atoms in total. The average Bonchev–Trinajstić information content (AvgIpc) is 3.05. The standard InChI is InChI=1S/C31H48O6.Na/c1-17(2)9-8-10-20(28(35)36)26-22-15-24(34)27-29(5)13-12-23(33)18(3)21(29)11-14-30(27,6)31(22,7)16-25(26)37-19(4)32;/h9,18,21-25,27,33-34H,8,10-16H2,1-7H3,(H,35,36);/q;+1/p-1/t18-,21-,22-,23+,24+,25-,27-,29-,30-,31-;/m0./s1. The van der Waals surface area contributed by atoms with Crippen molar-refractivity contribution in [1.82, 2.24) is 0 Å². The molecule has 0 aromatic heterocycles. The van der Waals surface area contributed by atoms with E-state index in [0.29, 0.717) is 37.2 Å². The fraction of sp³-hybridized carbons (Fsp3) is 0.806. The molecular formula is C31H47NaO6. The van der Waals surface area contributed by atoms with Crippen molar-refractivity contribution in [2.45, 2.75) is 118 Å². The number of aliphatic carboxylic acids is 1. The number of esters is 1. The van der Waals surface area contributed by atoms with Gasteiger partial charge in [-0.05, 0) is 116 Å². The van der Waals surface area contributed by atoms with Crippen LogP contribution in [0.4, 0.5) is 0 Å². The van der Waals surface area contributed by atoms with Crippen LogP contribution in [-0.4, -0.2) is 40.5 Å². The van der Waals surface area contributed by atoms with Gasteiger partial charge in [0.2, 0.25) is 0 Å². The smallest absolute Gasteiger partial charge is 0.545 e. The van der Waals surface area contributed by atoms with E-state index in [0.717, 1.165) is 31.3 Å². The maximum absolute atomic E-state index is 12.5. The minimum absolute atomic E-state index is 0. The Hall–Kier alpha value is -0.660. The number of hydrogen-bond acceptors (Lipinski definition) is 6. The van der Waals surface area contributed by atoms with Gasteiger partial charge in [-0.1, -0.05) is 39.3 Å². The molecule has 0 bridgehead atoms. The molecular weight excluding hydrogens is 491 g/mol. The van der Waals surface area contributed by atoms with Crippen LogP contribution >= 0.6 is 0 Å². The number of rotatable bonds is 5. The molecule has 0 spiro atoms. The summed E-state index contributed by atoms with van der Waals surface area (Å²) in [7, 11) is 0. The molecule has 0 amide bonds. The molecule has 0 unspecified atom stereocenters. The van der Waals surface area contributed by atoms with Crippen molar-refractivity contribution in [3.05, 3.63) is 22.8 Å². The van der Waals surface area contributed by atoms with Crippen LogP contribution in [0.3, 0.4) is 0 Å². The zero-order chi connectivity index (χ0) is 27.5. The summed E-state index contributed by atoms with van der Waals surface area (Å²) < 4.78 is 5.84. The maximum atomic E-state index is 12.5. The van der Waals surface area contributed by atoms with Crippen LogP contribution in [0, 0.1) is 39.9 Å². The molecule has 10 atom stereocenters. The Bertz CT molecular complexity index is 1000. The quantitative estimate of drug-likeness (QED) is 0.237. The van der Waals surface area contributed by atoms with Crippen molar-refractivity contribution in [2.75, 3.05) is 0 Å². The number of carboxylic acids is 1. The third-order valence-corrected chi connectivity index (χ3v) is 11.6. The van der Waals surface area contributed by atoms with E-state index in [-0.39, 0.29) is 75.2 Å². The number of carboxylic acid groups (broad SMARTS) is 1. The van der Waals surface area contributed by atoms with Gasteiger partial charge in [0.1, 0.15) is 6.10 Å². The third-order valence-electron chi connectivity index (χ3n) is 11.6. The van der Waals surface area contributed by atoms with Crippen LogP contribution in [0.15, 0.2) is 22.8 Å². The summed E-state index contributed by atoms with van der Waals surface area (Å²) in [5.41, 5.74) is 1.31. The van der Waals surface area contributed by atoms with Crippen molar-refractivity contribution in [2.24, 2.45) is 39.9 Å². The fourth-order valence-corrected chi connectivity index (χ4v) is 9.78. The summed E-state index contributed by atoms with van der Waals surface area (Å²) in [5, 5.41) is 35.0. The van der Waals surface area contributed by atoms with Crippen LogP contribution in [0.5, 0.6) is 0 Å². The van der Waals surface area contributed by atoms with Crippen molar-refractivity contribution in [3.63, 3.8) is 0 Å². The van der Waals surface area contributed by atoms with Crippen molar-refractivity contribution >= 4 is 11.9 Å². The van der Waals surface area contributed by atoms with E-state index in [2.05, 4.69) is 27.7 Å². The largest absolute Gasteiger partial charge is 1.00 e. The second-order valence-corrected chi connectivity index (χ2v) is 13.6. The fourth-order valence-electron chi connectivity index (χ4n) is 9.78. The first-order valence-electron chi connectivity index (χ1n) is 14.3. The van der Waals surface area contributed by atoms with Crippen LogP contribution < -0.4 is 34.7 Å². The predicted octanol–water partition coefficient (Wildman–Crippen LogP) is 1.34. The zero-order valence-corrected chi connectivity index (χ0v) is 26.8. The second-order valence-electron chi connectivity index (χ2n) is 13.6. The minimum Gasteiger partial charge on any atom is -0.545 e. The van der Waals surface area contributed by atoms with Crippen LogP contribution in [0.1, 0.15) is 99.8 Å². The summed E-state index contributed by atoms with van der Waals surface area (Å²) in [6, 6.07) is 0. The van der Waals surface area contributed by atoms with Crippen LogP contribution in [0.25, 0.3) is 0 Å². The van der Waals surface area contributed by atoms with Crippen molar-refractivity contribution in [1.29, 1.82) is 0 Å². The predicted molar refractivity (Wildman–Crippen MR) is 140 cm³/mol. The Balaban J connectivity index is 0.00000400. The third kappa shape index (κ3) is 5.00. The summed E-state index contributed by atoms with van der Waals surface area (Å²) in [4.78, 5) is 24.7. The van der Waals surface area contributed by atoms with E-state index in [4.69, 9.17) is 4.74 Å². The Kier molecular flexibility index (Phi) is 9.49. The summed E-state index contributed by atoms with van der Waals surface area (Å²) >= 11 is 0. The van der Waals surface area contributed by atoms with Gasteiger partial charge in [0, 0.05) is 6.92 Å². The second kappa shape index (κ2) is 11.3. The summed E-state index contributed by atoms with van der Waals surface area (Å²) in [6.07, 6.45) is 5.92. The number of aliphatic hydroxyl groups is 2. The monoisotopic (exact) mass is 538 g/mol. The Morgan fingerprint density at radius 3 is 2.29 bits per heavy atom. The van der Waals surface area contributed by atoms with Gasteiger partial charge in [0.25, 0.3) is 0 Å². The van der Waals surface area contributed by atoms with E-state index < -0.39 is 24.1 Å². The van der Waals surface area contributed by atoms with Gasteiger partial charge in [-0.15, -0.1) is 0 Å². The molecule has 2 N–H and O–H groups in total. The molecule has 4 aliphatic rings. The van der Waals surface area contributed by atoms with E-state index in [9.17, 15) is 24.9 Å². The number of fused-ring (bicyclic) bond motifs is 5. The molecule has 4 rings (SSSR count). The molecule has 4 fully saturated rings. The average molecular weight is 539 g/mol. The molecule has 0 aromatic rings. The SMILES string of the molecule is CC(=O)O[C@H]1C[C@@]2(C)[C@@H](C[C@@H](O)[C@H]3[C@@]4(C)CC[C@@H](O)[C@@H](C)[C@@H]4CC[C@@]32C)C1=C(CCC=C(C)C)C(=O)[O-].[Na+]. The topological polar surface area (TPSA) is 107 Å². The number of carbonyl (C=O) groups is 2. The van der Waals surface area contributed by atoms with Gasteiger partial charge in [0.15, 0.2) is 0 Å².